The maximum atomic E-state index is 12.1. The number of methoxy groups -OCH3 is 1. The molecule has 6 fully saturated rings. The first-order valence-corrected chi connectivity index (χ1v) is 30.9. The normalized spacial score (nSPS) is 27.2. The molecule has 6 aliphatic heterocycles. The second-order valence-electron chi connectivity index (χ2n) is 31.6. The van der Waals surface area contributed by atoms with Gasteiger partial charge < -0.3 is 52.1 Å². The van der Waals surface area contributed by atoms with Gasteiger partial charge in [0.1, 0.15) is 28.0 Å². The Bertz CT molecular complexity index is 2500. The van der Waals surface area contributed by atoms with Crippen LogP contribution in [0.15, 0.2) is 0 Å². The predicted molar refractivity (Wildman–Crippen MR) is 328 cm³/mol. The Morgan fingerprint density at radius 1 is 0.432 bits per heavy atom. The van der Waals surface area contributed by atoms with Crippen LogP contribution in [-0.4, -0.2) is 130 Å². The van der Waals surface area contributed by atoms with E-state index >= 15 is 0 Å². The van der Waals surface area contributed by atoms with Crippen LogP contribution in [0.4, 0.5) is 0 Å². The topological polar surface area (TPSA) is 272 Å². The molecule has 88 heavy (non-hydrogen) atoms. The molecule has 5 unspecified atom stereocenters. The Morgan fingerprint density at radius 2 is 0.773 bits per heavy atom. The molecule has 0 aromatic heterocycles. The fourth-order valence-corrected chi connectivity index (χ4v) is 9.69. The zero-order valence-corrected chi connectivity index (χ0v) is 59.5. The number of hydrogen-bond donors (Lipinski definition) is 0. The van der Waals surface area contributed by atoms with Crippen LogP contribution in [-0.2, 0) is 100 Å². The Morgan fingerprint density at radius 3 is 1.06 bits per heavy atom. The van der Waals surface area contributed by atoms with Crippen molar-refractivity contribution in [3.8, 4) is 0 Å². The van der Waals surface area contributed by atoms with Crippen LogP contribution in [0.2, 0.25) is 0 Å². The molecule has 0 aromatic carbocycles. The van der Waals surface area contributed by atoms with E-state index in [1.165, 1.54) is 7.11 Å². The van der Waals surface area contributed by atoms with Gasteiger partial charge in [0.25, 0.3) is 0 Å². The van der Waals surface area contributed by atoms with Crippen LogP contribution in [0.3, 0.4) is 0 Å². The number of cyclic esters (lactones) is 6. The molecule has 21 nitrogen and oxygen atoms in total. The summed E-state index contributed by atoms with van der Waals surface area (Å²) >= 11 is 0. The average molecular weight is 1260 g/mol. The molecule has 21 heteroatoms. The third-order valence-corrected chi connectivity index (χ3v) is 17.5. The van der Waals surface area contributed by atoms with Gasteiger partial charge in [-0.15, -0.1) is 0 Å². The van der Waals surface area contributed by atoms with Gasteiger partial charge >= 0.3 is 59.7 Å². The van der Waals surface area contributed by atoms with Crippen LogP contribution in [0.25, 0.3) is 0 Å². The van der Waals surface area contributed by atoms with E-state index in [2.05, 4.69) is 0 Å². The molecule has 6 heterocycles. The van der Waals surface area contributed by atoms with E-state index in [4.69, 9.17) is 52.1 Å². The number of hydrogen-bond acceptors (Lipinski definition) is 21. The molecule has 0 amide bonds. The lowest BCUT2D eigenvalue weighted by molar-refractivity contribution is -0.184. The van der Waals surface area contributed by atoms with E-state index in [9.17, 15) is 47.9 Å². The summed E-state index contributed by atoms with van der Waals surface area (Å²) in [6, 6.07) is 0. The van der Waals surface area contributed by atoms with Gasteiger partial charge in [-0.2, -0.15) is 0 Å². The number of carbonyl (C=O) groups excluding carboxylic acids is 10. The molecule has 5 atom stereocenters. The Hall–Kier alpha value is -5.34. The summed E-state index contributed by atoms with van der Waals surface area (Å²) in [6.07, 6.45) is 4.07. The highest BCUT2D eigenvalue weighted by molar-refractivity contribution is 5.87. The van der Waals surface area contributed by atoms with Gasteiger partial charge in [-0.3, -0.25) is 43.2 Å². The highest BCUT2D eigenvalue weighted by Gasteiger charge is 2.57. The van der Waals surface area contributed by atoms with E-state index in [-0.39, 0.29) is 102 Å². The summed E-state index contributed by atoms with van der Waals surface area (Å²) in [4.78, 5) is 116. The van der Waals surface area contributed by atoms with E-state index in [1.807, 2.05) is 152 Å². The second-order valence-corrected chi connectivity index (χ2v) is 31.6. The number of esters is 10. The fraction of sp³-hybridized carbons (Fsp3) is 0.851. The number of rotatable bonds is 14. The number of carbonyl (C=O) groups is 10. The van der Waals surface area contributed by atoms with Crippen molar-refractivity contribution >= 4 is 59.7 Å². The molecule has 0 aromatic rings. The molecule has 6 aliphatic rings. The lowest BCUT2D eigenvalue weighted by Crippen LogP contribution is -2.49. The zero-order chi connectivity index (χ0) is 69.5. The summed E-state index contributed by atoms with van der Waals surface area (Å²) < 4.78 is 57.7. The Labute approximate surface area is 526 Å². The highest BCUT2D eigenvalue weighted by Crippen LogP contribution is 2.43. The van der Waals surface area contributed by atoms with Gasteiger partial charge in [0.2, 0.25) is 5.60 Å². The van der Waals surface area contributed by atoms with Crippen molar-refractivity contribution in [2.45, 2.75) is 322 Å². The zero-order valence-electron chi connectivity index (χ0n) is 59.5. The number of ether oxygens (including phenoxy) is 11. The first-order valence-electron chi connectivity index (χ1n) is 30.9. The predicted octanol–water partition coefficient (Wildman–Crippen LogP) is 12.1. The molecule has 508 valence electrons. The van der Waals surface area contributed by atoms with Crippen molar-refractivity contribution in [2.24, 2.45) is 32.5 Å². The first-order chi connectivity index (χ1) is 39.2. The molecule has 0 N–H and O–H groups in total. The monoisotopic (exact) mass is 1250 g/mol. The molecule has 6 saturated heterocycles. The quantitative estimate of drug-likeness (QED) is 0.115. The summed E-state index contributed by atoms with van der Waals surface area (Å²) in [5.74, 6) is -2.80. The van der Waals surface area contributed by atoms with Crippen molar-refractivity contribution in [1.82, 2.24) is 0 Å². The standard InChI is InChI=1S/C13H22O5.2C13H22O4.C12H20O4.2C8H14O2/c1-6-12(2,3)11(15)17-9-7-10(14)18-13(9,4)8-16-5;1-7-11(2,3)9(14)17-13(6)8-12(4,5)16-10(13)15;1-7-11(2,3)10(15)17-13(6)8-9(14)16-12(13,4)5;1-6-11(2,3)10(14)15-8-7-9(13)16-12(8,4)5;2*1-7(2)5-8(3,4)10-6(7)9/h9H,6-8H2,1-5H3;2*7-8H2,1-6H3;8H,6-7H2,1-5H3;2*5H2,1-4H3. The van der Waals surface area contributed by atoms with Crippen LogP contribution in [0.5, 0.6) is 0 Å². The highest BCUT2D eigenvalue weighted by atomic mass is 16.6. The average Bonchev–Trinajstić information content (AvgIpc) is 2.22. The molecule has 0 aliphatic carbocycles. The van der Waals surface area contributed by atoms with Crippen molar-refractivity contribution < 1.29 is 100 Å². The molecule has 0 spiro atoms. The van der Waals surface area contributed by atoms with E-state index in [0.29, 0.717) is 32.1 Å². The van der Waals surface area contributed by atoms with Gasteiger partial charge in [-0.05, 0) is 199 Å². The summed E-state index contributed by atoms with van der Waals surface area (Å²) in [5.41, 5.74) is -8.19. The smallest absolute Gasteiger partial charge is 0.351 e. The van der Waals surface area contributed by atoms with Gasteiger partial charge in [-0.1, -0.05) is 27.7 Å². The Kier molecular flexibility index (Phi) is 26.1. The molecule has 6 rings (SSSR count). The Balaban J connectivity index is 0.000000534. The van der Waals surface area contributed by atoms with Crippen LogP contribution < -0.4 is 0 Å². The SMILES string of the molecule is CC1(C)CC(C)(C)C(=O)O1.CC1(C)CC(C)(C)C(=O)O1.CCC(C)(C)C(=O)OC1(C)CC(=O)OC1(C)C.CCC(C)(C)C(=O)OC1(C)CC(C)(C)OC1=O.CCC(C)(C)C(=O)OC1CC(=O)OC1(C)C.CCC(C)(C)C(=O)OC1CC(=O)OC1(C)COC. The molecule has 0 saturated carbocycles. The third kappa shape index (κ3) is 22.0. The first kappa shape index (κ1) is 80.7. The van der Waals surface area contributed by atoms with Crippen LogP contribution >= 0.6 is 0 Å². The molecular formula is C67H114O21. The summed E-state index contributed by atoms with van der Waals surface area (Å²) in [5, 5.41) is 0. The lowest BCUT2D eigenvalue weighted by Gasteiger charge is -2.36. The van der Waals surface area contributed by atoms with E-state index in [1.54, 1.807) is 48.5 Å². The van der Waals surface area contributed by atoms with Gasteiger partial charge in [0.05, 0.1) is 58.4 Å². The van der Waals surface area contributed by atoms with Gasteiger partial charge in [0.15, 0.2) is 23.4 Å². The largest absolute Gasteiger partial charge is 0.459 e. The lowest BCUT2D eigenvalue weighted by atomic mass is 9.85. The van der Waals surface area contributed by atoms with E-state index in [0.717, 1.165) is 12.8 Å². The molecular weight excluding hydrogens is 1140 g/mol. The second kappa shape index (κ2) is 28.4. The minimum Gasteiger partial charge on any atom is -0.459 e. The van der Waals surface area contributed by atoms with Crippen molar-refractivity contribution in [3.05, 3.63) is 0 Å². The van der Waals surface area contributed by atoms with Gasteiger partial charge in [-0.25, -0.2) is 4.79 Å². The minimum absolute atomic E-state index is 0.0718. The maximum absolute atomic E-state index is 12.1. The summed E-state index contributed by atoms with van der Waals surface area (Å²) in [6.45, 7) is 53.8. The van der Waals surface area contributed by atoms with Crippen molar-refractivity contribution in [3.63, 3.8) is 0 Å². The minimum atomic E-state index is -1.15. The summed E-state index contributed by atoms with van der Waals surface area (Å²) in [7, 11) is 1.52. The van der Waals surface area contributed by atoms with Gasteiger partial charge in [0, 0.05) is 26.4 Å². The van der Waals surface area contributed by atoms with Crippen LogP contribution in [0.1, 0.15) is 265 Å². The van der Waals surface area contributed by atoms with Crippen molar-refractivity contribution in [1.29, 1.82) is 0 Å². The maximum Gasteiger partial charge on any atom is 0.351 e. The fourth-order valence-electron chi connectivity index (χ4n) is 9.69. The van der Waals surface area contributed by atoms with E-state index < -0.39 is 73.4 Å². The van der Waals surface area contributed by atoms with Crippen LogP contribution in [0, 0.1) is 32.5 Å². The molecule has 0 bridgehead atoms. The molecule has 0 radical (unpaired) electrons. The third-order valence-electron chi connectivity index (χ3n) is 17.5. The van der Waals surface area contributed by atoms with Crippen molar-refractivity contribution in [2.75, 3.05) is 13.7 Å².